The van der Waals surface area contributed by atoms with Crippen LogP contribution in [0.25, 0.3) is 11.0 Å². The highest BCUT2D eigenvalue weighted by molar-refractivity contribution is 7.88. The molecule has 21 heavy (non-hydrogen) atoms. The molecule has 0 spiro atoms. The van der Waals surface area contributed by atoms with E-state index in [0.29, 0.717) is 25.3 Å². The Balaban J connectivity index is 2.22. The Hall–Kier alpha value is -1.11. The first-order valence-electron chi connectivity index (χ1n) is 6.87. The quantitative estimate of drug-likeness (QED) is 0.624. The number of nitrogens with zero attached hydrogens (tertiary/aromatic N) is 2. The summed E-state index contributed by atoms with van der Waals surface area (Å²) < 4.78 is 26.8. The molecule has 116 valence electrons. The number of aryl methyl sites for hydroxylation is 3. The van der Waals surface area contributed by atoms with Gasteiger partial charge in [-0.15, -0.1) is 11.6 Å². The van der Waals surface area contributed by atoms with Crippen LogP contribution < -0.4 is 4.72 Å². The van der Waals surface area contributed by atoms with Crippen molar-refractivity contribution in [2.24, 2.45) is 0 Å². The number of alkyl halides is 1. The summed E-state index contributed by atoms with van der Waals surface area (Å²) in [6, 6.07) is 6.04. The monoisotopic (exact) mass is 329 g/mol. The molecular weight excluding hydrogens is 310 g/mol. The van der Waals surface area contributed by atoms with Crippen molar-refractivity contribution >= 4 is 32.7 Å². The van der Waals surface area contributed by atoms with E-state index >= 15 is 0 Å². The first-order chi connectivity index (χ1) is 9.92. The Morgan fingerprint density at radius 3 is 2.81 bits per heavy atom. The lowest BCUT2D eigenvalue weighted by molar-refractivity contribution is 0.573. The van der Waals surface area contributed by atoms with Gasteiger partial charge in [-0.3, -0.25) is 0 Å². The number of halogens is 1. The number of sulfonamides is 1. The Morgan fingerprint density at radius 2 is 2.14 bits per heavy atom. The zero-order valence-electron chi connectivity index (χ0n) is 12.3. The summed E-state index contributed by atoms with van der Waals surface area (Å²) in [4.78, 5) is 4.63. The van der Waals surface area contributed by atoms with Gasteiger partial charge in [-0.2, -0.15) is 0 Å². The third-order valence-corrected chi connectivity index (χ3v) is 4.21. The Kier molecular flexibility index (Phi) is 5.24. The topological polar surface area (TPSA) is 64.0 Å². The van der Waals surface area contributed by atoms with Crippen molar-refractivity contribution in [2.75, 3.05) is 18.7 Å². The van der Waals surface area contributed by atoms with Crippen LogP contribution in [-0.4, -0.2) is 36.6 Å². The highest BCUT2D eigenvalue weighted by Gasteiger charge is 2.12. The van der Waals surface area contributed by atoms with Gasteiger partial charge in [0.25, 0.3) is 0 Å². The van der Waals surface area contributed by atoms with E-state index in [1.165, 1.54) is 6.26 Å². The molecule has 5 nitrogen and oxygen atoms in total. The normalized spacial score (nSPS) is 12.1. The molecule has 0 saturated carbocycles. The van der Waals surface area contributed by atoms with Crippen molar-refractivity contribution in [3.63, 3.8) is 0 Å². The summed E-state index contributed by atoms with van der Waals surface area (Å²) in [5.74, 6) is 1.47. The van der Waals surface area contributed by atoms with Crippen LogP contribution in [0, 0.1) is 6.92 Å². The van der Waals surface area contributed by atoms with Crippen molar-refractivity contribution in [3.05, 3.63) is 29.6 Å². The minimum absolute atomic E-state index is 0.421. The Morgan fingerprint density at radius 1 is 1.38 bits per heavy atom. The zero-order chi connectivity index (χ0) is 15.5. The molecule has 0 aliphatic rings. The highest BCUT2D eigenvalue weighted by atomic mass is 35.5. The van der Waals surface area contributed by atoms with Crippen LogP contribution in [0.2, 0.25) is 0 Å². The largest absolute Gasteiger partial charge is 0.328 e. The van der Waals surface area contributed by atoms with Crippen LogP contribution >= 0.6 is 11.6 Å². The molecule has 7 heteroatoms. The molecule has 0 aliphatic carbocycles. The van der Waals surface area contributed by atoms with Gasteiger partial charge in [-0.25, -0.2) is 18.1 Å². The number of imidazole rings is 1. The van der Waals surface area contributed by atoms with Crippen molar-refractivity contribution in [1.29, 1.82) is 0 Å². The molecule has 1 N–H and O–H groups in total. The average molecular weight is 330 g/mol. The van der Waals surface area contributed by atoms with E-state index in [1.54, 1.807) is 0 Å². The van der Waals surface area contributed by atoms with Crippen molar-refractivity contribution in [3.8, 4) is 0 Å². The summed E-state index contributed by atoms with van der Waals surface area (Å²) in [6.07, 6.45) is 2.58. The first kappa shape index (κ1) is 16.3. The van der Waals surface area contributed by atoms with Crippen molar-refractivity contribution in [2.45, 2.75) is 26.3 Å². The molecule has 0 amide bonds. The summed E-state index contributed by atoms with van der Waals surface area (Å²) in [5, 5.41) is 0. The van der Waals surface area contributed by atoms with E-state index in [9.17, 15) is 8.42 Å². The predicted molar refractivity (Wildman–Crippen MR) is 86.4 cm³/mol. The summed E-state index contributed by atoms with van der Waals surface area (Å²) in [5.41, 5.74) is 3.24. The number of para-hydroxylation sites is 1. The average Bonchev–Trinajstić information content (AvgIpc) is 2.73. The number of fused-ring (bicyclic) bond motifs is 1. The van der Waals surface area contributed by atoms with Crippen molar-refractivity contribution < 1.29 is 8.42 Å². The third kappa shape index (κ3) is 4.18. The van der Waals surface area contributed by atoms with E-state index < -0.39 is 10.0 Å². The molecule has 0 saturated heterocycles. The zero-order valence-corrected chi connectivity index (χ0v) is 13.8. The van der Waals surface area contributed by atoms with Gasteiger partial charge >= 0.3 is 0 Å². The smallest absolute Gasteiger partial charge is 0.208 e. The van der Waals surface area contributed by atoms with E-state index in [-0.39, 0.29) is 0 Å². The molecule has 2 rings (SSSR count). The second-order valence-corrected chi connectivity index (χ2v) is 7.29. The fourth-order valence-electron chi connectivity index (χ4n) is 2.42. The maximum absolute atomic E-state index is 11.1. The number of aromatic nitrogens is 2. The van der Waals surface area contributed by atoms with Gasteiger partial charge in [0.1, 0.15) is 5.82 Å². The van der Waals surface area contributed by atoms with Crippen molar-refractivity contribution in [1.82, 2.24) is 14.3 Å². The lowest BCUT2D eigenvalue weighted by Gasteiger charge is -2.10. The first-order valence-corrected chi connectivity index (χ1v) is 9.30. The van der Waals surface area contributed by atoms with E-state index in [1.807, 2.05) is 12.1 Å². The van der Waals surface area contributed by atoms with Gasteiger partial charge in [0.15, 0.2) is 0 Å². The maximum Gasteiger partial charge on any atom is 0.208 e. The highest BCUT2D eigenvalue weighted by Crippen LogP contribution is 2.21. The summed E-state index contributed by atoms with van der Waals surface area (Å²) in [7, 11) is -3.13. The summed E-state index contributed by atoms with van der Waals surface area (Å²) >= 11 is 5.85. The van der Waals surface area contributed by atoms with Gasteiger partial charge < -0.3 is 4.57 Å². The van der Waals surface area contributed by atoms with E-state index in [4.69, 9.17) is 11.6 Å². The van der Waals surface area contributed by atoms with Gasteiger partial charge in [-0.05, 0) is 25.0 Å². The molecule has 0 atom stereocenters. The van der Waals surface area contributed by atoms with Crippen LogP contribution in [0.15, 0.2) is 18.2 Å². The molecule has 2 aromatic rings. The number of benzene rings is 1. The minimum Gasteiger partial charge on any atom is -0.328 e. The number of rotatable bonds is 7. The minimum atomic E-state index is -3.13. The van der Waals surface area contributed by atoms with Crippen LogP contribution in [0.3, 0.4) is 0 Å². The third-order valence-electron chi connectivity index (χ3n) is 3.29. The second-order valence-electron chi connectivity index (χ2n) is 5.08. The molecule has 0 aliphatic heterocycles. The SMILES string of the molecule is Cc1cccc2nc(CCCl)n(CCCNS(C)(=O)=O)c12. The fraction of sp³-hybridized carbons (Fsp3) is 0.500. The predicted octanol–water partition coefficient (Wildman–Crippen LogP) is 2.07. The second kappa shape index (κ2) is 6.77. The fourth-order valence-corrected chi connectivity index (χ4v) is 3.11. The summed E-state index contributed by atoms with van der Waals surface area (Å²) in [6.45, 7) is 3.19. The molecule has 0 bridgehead atoms. The Bertz CT molecular complexity index is 725. The molecule has 0 radical (unpaired) electrons. The van der Waals surface area contributed by atoms with Crippen LogP contribution in [-0.2, 0) is 23.0 Å². The lowest BCUT2D eigenvalue weighted by Crippen LogP contribution is -2.24. The van der Waals surface area contributed by atoms with E-state index in [0.717, 1.165) is 29.0 Å². The number of hydrogen-bond acceptors (Lipinski definition) is 3. The van der Waals surface area contributed by atoms with Gasteiger partial charge in [-0.1, -0.05) is 12.1 Å². The maximum atomic E-state index is 11.1. The Labute approximate surface area is 130 Å². The van der Waals surface area contributed by atoms with Gasteiger partial charge in [0.05, 0.1) is 17.3 Å². The van der Waals surface area contributed by atoms with Gasteiger partial charge in [0, 0.05) is 25.4 Å². The molecular formula is C14H20ClN3O2S. The van der Waals surface area contributed by atoms with Crippen LogP contribution in [0.4, 0.5) is 0 Å². The lowest BCUT2D eigenvalue weighted by atomic mass is 10.2. The molecule has 1 aromatic heterocycles. The van der Waals surface area contributed by atoms with Crippen LogP contribution in [0.1, 0.15) is 17.8 Å². The van der Waals surface area contributed by atoms with Gasteiger partial charge in [0.2, 0.25) is 10.0 Å². The van der Waals surface area contributed by atoms with Crippen LogP contribution in [0.5, 0.6) is 0 Å². The number of hydrogen-bond donors (Lipinski definition) is 1. The molecule has 0 fully saturated rings. The number of nitrogens with one attached hydrogen (secondary N) is 1. The molecule has 1 heterocycles. The van der Waals surface area contributed by atoms with E-state index in [2.05, 4.69) is 27.3 Å². The molecule has 1 aromatic carbocycles. The standard InChI is InChI=1S/C14H20ClN3O2S/c1-11-5-3-6-12-14(11)18(13(17-12)7-8-15)10-4-9-16-21(2,19)20/h3,5-6,16H,4,7-10H2,1-2H3. The molecule has 0 unspecified atom stereocenters.